The number of carboxylic acids is 1. The van der Waals surface area contributed by atoms with E-state index in [1.54, 1.807) is 11.8 Å². The molecule has 8 heteroatoms. The maximum absolute atomic E-state index is 12.0. The van der Waals surface area contributed by atoms with Crippen molar-refractivity contribution in [3.05, 3.63) is 11.1 Å². The molecule has 0 spiro atoms. The Morgan fingerprint density at radius 2 is 2.45 bits per heavy atom. The average Bonchev–Trinajstić information content (AvgIpc) is 2.99. The van der Waals surface area contributed by atoms with Gasteiger partial charge in [0, 0.05) is 12.2 Å². The van der Waals surface area contributed by atoms with Gasteiger partial charge in [-0.25, -0.2) is 4.79 Å². The maximum atomic E-state index is 12.0. The summed E-state index contributed by atoms with van der Waals surface area (Å²) in [5.41, 5.74) is 0.901. The van der Waals surface area contributed by atoms with Crippen LogP contribution in [0.5, 0.6) is 0 Å². The molecule has 0 aliphatic carbocycles. The molecule has 2 aliphatic rings. The molecule has 2 N–H and O–H groups in total. The van der Waals surface area contributed by atoms with Crippen molar-refractivity contribution in [1.29, 1.82) is 0 Å². The largest absolute Gasteiger partial charge is 0.480 e. The zero-order valence-electron chi connectivity index (χ0n) is 11.2. The highest BCUT2D eigenvalue weighted by Gasteiger charge is 2.28. The van der Waals surface area contributed by atoms with E-state index in [4.69, 9.17) is 5.11 Å². The lowest BCUT2D eigenvalue weighted by Crippen LogP contribution is -2.41. The van der Waals surface area contributed by atoms with Crippen molar-refractivity contribution in [3.8, 4) is 0 Å². The summed E-state index contributed by atoms with van der Waals surface area (Å²) in [6.07, 6.45) is 2.55. The SMILES string of the molecule is CSCCC(NC(=O)CC1=CSC2=NCCN12)C(=O)O. The van der Waals surface area contributed by atoms with Crippen molar-refractivity contribution in [2.75, 3.05) is 25.1 Å². The van der Waals surface area contributed by atoms with Gasteiger partial charge in [0.25, 0.3) is 0 Å². The molecule has 0 bridgehead atoms. The smallest absolute Gasteiger partial charge is 0.326 e. The van der Waals surface area contributed by atoms with Crippen LogP contribution in [0.15, 0.2) is 16.1 Å². The molecule has 20 heavy (non-hydrogen) atoms. The minimum atomic E-state index is -0.981. The second-order valence-corrected chi connectivity index (χ2v) is 6.28. The van der Waals surface area contributed by atoms with Crippen LogP contribution >= 0.6 is 23.5 Å². The third-order valence-electron chi connectivity index (χ3n) is 3.03. The molecule has 0 fully saturated rings. The molecule has 0 aromatic carbocycles. The van der Waals surface area contributed by atoms with Crippen molar-refractivity contribution in [3.63, 3.8) is 0 Å². The summed E-state index contributed by atoms with van der Waals surface area (Å²) >= 11 is 3.08. The van der Waals surface area contributed by atoms with E-state index in [-0.39, 0.29) is 12.3 Å². The Morgan fingerprint density at radius 1 is 1.65 bits per heavy atom. The number of amidine groups is 1. The Labute approximate surface area is 126 Å². The van der Waals surface area contributed by atoms with Crippen LogP contribution in [0.4, 0.5) is 0 Å². The number of thioether (sulfide) groups is 2. The van der Waals surface area contributed by atoms with Crippen LogP contribution < -0.4 is 5.32 Å². The Kier molecular flexibility index (Phi) is 5.36. The molecule has 0 saturated heterocycles. The lowest BCUT2D eigenvalue weighted by Gasteiger charge is -2.18. The molecule has 1 amide bonds. The first kappa shape index (κ1) is 15.2. The summed E-state index contributed by atoms with van der Waals surface area (Å²) in [5.74, 6) is -0.525. The number of hydrogen-bond donors (Lipinski definition) is 2. The Bertz CT molecular complexity index is 465. The summed E-state index contributed by atoms with van der Waals surface area (Å²) in [7, 11) is 0. The number of amides is 1. The molecule has 2 aliphatic heterocycles. The number of aliphatic imine (C=N–C) groups is 1. The van der Waals surface area contributed by atoms with Crippen molar-refractivity contribution < 1.29 is 14.7 Å². The van der Waals surface area contributed by atoms with Gasteiger partial charge in [-0.15, -0.1) is 0 Å². The lowest BCUT2D eigenvalue weighted by atomic mass is 10.2. The number of nitrogens with one attached hydrogen (secondary N) is 1. The van der Waals surface area contributed by atoms with Crippen LogP contribution in [-0.4, -0.2) is 58.2 Å². The normalized spacial score (nSPS) is 18.4. The van der Waals surface area contributed by atoms with E-state index >= 15 is 0 Å². The number of hydrogen-bond acceptors (Lipinski definition) is 6. The van der Waals surface area contributed by atoms with Gasteiger partial charge in [-0.3, -0.25) is 9.79 Å². The van der Waals surface area contributed by atoms with Gasteiger partial charge >= 0.3 is 5.97 Å². The fraction of sp³-hybridized carbons (Fsp3) is 0.583. The molecule has 2 heterocycles. The number of carbonyl (C=O) groups excluding carboxylic acids is 1. The van der Waals surface area contributed by atoms with Crippen LogP contribution in [0.25, 0.3) is 0 Å². The van der Waals surface area contributed by atoms with Crippen LogP contribution in [0.1, 0.15) is 12.8 Å². The Hall–Kier alpha value is -1.15. The van der Waals surface area contributed by atoms with Gasteiger partial charge < -0.3 is 15.3 Å². The number of carboxylic acid groups (broad SMARTS) is 1. The number of carbonyl (C=O) groups is 2. The summed E-state index contributed by atoms with van der Waals surface area (Å²) in [6, 6.07) is -0.809. The van der Waals surface area contributed by atoms with Gasteiger partial charge in [-0.1, -0.05) is 11.8 Å². The second kappa shape index (κ2) is 7.03. The van der Waals surface area contributed by atoms with E-state index in [0.717, 1.165) is 24.0 Å². The molecule has 2 rings (SSSR count). The predicted molar refractivity (Wildman–Crippen MR) is 81.9 cm³/mol. The lowest BCUT2D eigenvalue weighted by molar-refractivity contribution is -0.141. The molecule has 6 nitrogen and oxygen atoms in total. The fourth-order valence-electron chi connectivity index (χ4n) is 2.02. The number of aliphatic carboxylic acids is 1. The predicted octanol–water partition coefficient (Wildman–Crippen LogP) is 0.959. The molecular formula is C12H17N3O3S2. The van der Waals surface area contributed by atoms with E-state index in [0.29, 0.717) is 12.2 Å². The number of fused-ring (bicyclic) bond motifs is 1. The first-order valence-corrected chi connectivity index (χ1v) is 8.58. The van der Waals surface area contributed by atoms with Crippen molar-refractivity contribution in [2.45, 2.75) is 18.9 Å². The minimum absolute atomic E-state index is 0.203. The number of nitrogens with zero attached hydrogens (tertiary/aromatic N) is 2. The van der Waals surface area contributed by atoms with Crippen molar-refractivity contribution in [1.82, 2.24) is 10.2 Å². The Balaban J connectivity index is 1.85. The summed E-state index contributed by atoms with van der Waals surface area (Å²) in [6.45, 7) is 1.56. The minimum Gasteiger partial charge on any atom is -0.480 e. The molecule has 0 aromatic heterocycles. The second-order valence-electron chi connectivity index (χ2n) is 4.46. The Morgan fingerprint density at radius 3 is 3.15 bits per heavy atom. The third kappa shape index (κ3) is 3.69. The van der Waals surface area contributed by atoms with E-state index in [2.05, 4.69) is 10.3 Å². The van der Waals surface area contributed by atoms with Crippen molar-refractivity contribution in [2.24, 2.45) is 4.99 Å². The average molecular weight is 315 g/mol. The van der Waals surface area contributed by atoms with E-state index in [1.807, 2.05) is 16.6 Å². The highest BCUT2D eigenvalue weighted by atomic mass is 32.2. The molecule has 1 unspecified atom stereocenters. The van der Waals surface area contributed by atoms with Gasteiger partial charge in [0.15, 0.2) is 5.17 Å². The van der Waals surface area contributed by atoms with Gasteiger partial charge in [0.05, 0.1) is 13.0 Å². The first-order chi connectivity index (χ1) is 9.61. The molecule has 0 saturated carbocycles. The quantitative estimate of drug-likeness (QED) is 0.728. The summed E-state index contributed by atoms with van der Waals surface area (Å²) < 4.78 is 0. The number of rotatable bonds is 7. The zero-order valence-corrected chi connectivity index (χ0v) is 12.8. The first-order valence-electron chi connectivity index (χ1n) is 6.30. The third-order valence-corrected chi connectivity index (χ3v) is 4.63. The highest BCUT2D eigenvalue weighted by molar-refractivity contribution is 8.16. The molecular weight excluding hydrogens is 298 g/mol. The maximum Gasteiger partial charge on any atom is 0.326 e. The highest BCUT2D eigenvalue weighted by Crippen LogP contribution is 2.30. The van der Waals surface area contributed by atoms with E-state index in [1.165, 1.54) is 11.8 Å². The van der Waals surface area contributed by atoms with Gasteiger partial charge in [0.1, 0.15) is 6.04 Å². The molecule has 0 aromatic rings. The standard InChI is InChI=1S/C12H17N3O3S2/c1-19-5-2-9(11(17)18)14-10(16)6-8-7-20-12-13-3-4-15(8)12/h7,9H,2-6H2,1H3,(H,14,16)(H,17,18). The summed E-state index contributed by atoms with van der Waals surface area (Å²) in [5, 5.41) is 14.5. The van der Waals surface area contributed by atoms with Gasteiger partial charge in [-0.05, 0) is 23.8 Å². The molecule has 1 atom stereocenters. The van der Waals surface area contributed by atoms with E-state index in [9.17, 15) is 9.59 Å². The van der Waals surface area contributed by atoms with Gasteiger partial charge in [-0.2, -0.15) is 11.8 Å². The van der Waals surface area contributed by atoms with Crippen LogP contribution in [0.2, 0.25) is 0 Å². The molecule has 110 valence electrons. The fourth-order valence-corrected chi connectivity index (χ4v) is 3.44. The topological polar surface area (TPSA) is 82.0 Å². The summed E-state index contributed by atoms with van der Waals surface area (Å²) in [4.78, 5) is 29.4. The van der Waals surface area contributed by atoms with Crippen LogP contribution in [-0.2, 0) is 9.59 Å². The van der Waals surface area contributed by atoms with Crippen LogP contribution in [0.3, 0.4) is 0 Å². The van der Waals surface area contributed by atoms with Crippen LogP contribution in [0, 0.1) is 0 Å². The monoisotopic (exact) mass is 315 g/mol. The molecule has 0 radical (unpaired) electrons. The van der Waals surface area contributed by atoms with Crippen molar-refractivity contribution >= 4 is 40.6 Å². The zero-order chi connectivity index (χ0) is 14.5. The van der Waals surface area contributed by atoms with Gasteiger partial charge in [0.2, 0.25) is 5.91 Å². The van der Waals surface area contributed by atoms with E-state index < -0.39 is 12.0 Å².